The maximum absolute atomic E-state index is 11.1. The fraction of sp³-hybridized carbons (Fsp3) is 0.600. The van der Waals surface area contributed by atoms with E-state index in [1.54, 1.807) is 4.68 Å². The highest BCUT2D eigenvalue weighted by Gasteiger charge is 2.33. The molecule has 1 aromatic rings. The molecule has 1 saturated carbocycles. The Morgan fingerprint density at radius 2 is 2.21 bits per heavy atom. The number of carboxylic acids is 1. The molecule has 14 heavy (non-hydrogen) atoms. The lowest BCUT2D eigenvalue weighted by Gasteiger charge is -2.02. The Bertz CT molecular complexity index is 404. The van der Waals surface area contributed by atoms with E-state index in [9.17, 15) is 4.79 Å². The van der Waals surface area contributed by atoms with Crippen molar-refractivity contribution in [3.05, 3.63) is 17.0 Å². The quantitative estimate of drug-likeness (QED) is 0.770. The molecular weight excluding hydrogens is 180 g/mol. The van der Waals surface area contributed by atoms with Crippen LogP contribution in [0.15, 0.2) is 0 Å². The summed E-state index contributed by atoms with van der Waals surface area (Å²) < 4.78 is 1.74. The van der Waals surface area contributed by atoms with Crippen molar-refractivity contribution in [2.75, 3.05) is 0 Å². The van der Waals surface area contributed by atoms with Crippen molar-refractivity contribution in [3.63, 3.8) is 0 Å². The van der Waals surface area contributed by atoms with Gasteiger partial charge in [0.25, 0.3) is 0 Å². The molecule has 0 spiro atoms. The Labute approximate surface area is 81.5 Å². The zero-order valence-corrected chi connectivity index (χ0v) is 7.86. The minimum absolute atomic E-state index is 0.367. The summed E-state index contributed by atoms with van der Waals surface area (Å²) in [5.74, 6) is -0.812. The summed E-state index contributed by atoms with van der Waals surface area (Å²) in [6, 6.07) is 0.367. The Kier molecular flexibility index (Phi) is 1.48. The molecule has 0 saturated heterocycles. The number of carboxylic acid groups (broad SMARTS) is 1. The Hall–Kier alpha value is -1.32. The van der Waals surface area contributed by atoms with Crippen molar-refractivity contribution in [1.29, 1.82) is 0 Å². The third kappa shape index (κ3) is 0.997. The number of nitrogens with zero attached hydrogens (tertiary/aromatic N) is 2. The van der Waals surface area contributed by atoms with Crippen molar-refractivity contribution in [1.82, 2.24) is 9.78 Å². The number of aromatic nitrogens is 2. The lowest BCUT2D eigenvalue weighted by Crippen LogP contribution is -2.10. The summed E-state index contributed by atoms with van der Waals surface area (Å²) in [5.41, 5.74) is 2.47. The van der Waals surface area contributed by atoms with Gasteiger partial charge in [-0.15, -0.1) is 0 Å². The monoisotopic (exact) mass is 192 g/mol. The summed E-state index contributed by atoms with van der Waals surface area (Å²) >= 11 is 0. The van der Waals surface area contributed by atoms with Crippen LogP contribution in [0.1, 0.15) is 47.1 Å². The van der Waals surface area contributed by atoms with Crippen molar-refractivity contribution in [2.24, 2.45) is 0 Å². The van der Waals surface area contributed by atoms with Gasteiger partial charge in [0.1, 0.15) is 5.69 Å². The lowest BCUT2D eigenvalue weighted by molar-refractivity contribution is 0.0681. The van der Waals surface area contributed by atoms with E-state index in [1.165, 1.54) is 0 Å². The van der Waals surface area contributed by atoms with E-state index in [1.807, 2.05) is 0 Å². The van der Waals surface area contributed by atoms with Crippen LogP contribution in [0.5, 0.6) is 0 Å². The number of hydrogen-bond acceptors (Lipinski definition) is 2. The van der Waals surface area contributed by atoms with Gasteiger partial charge in [-0.25, -0.2) is 4.79 Å². The van der Waals surface area contributed by atoms with Gasteiger partial charge in [-0.1, -0.05) is 0 Å². The predicted octanol–water partition coefficient (Wildman–Crippen LogP) is 1.40. The van der Waals surface area contributed by atoms with E-state index in [4.69, 9.17) is 5.11 Å². The van der Waals surface area contributed by atoms with Crippen LogP contribution in [0.4, 0.5) is 0 Å². The number of aromatic carboxylic acids is 1. The van der Waals surface area contributed by atoms with Crippen LogP contribution in [0, 0.1) is 0 Å². The van der Waals surface area contributed by atoms with Gasteiger partial charge in [-0.2, -0.15) is 5.10 Å². The smallest absolute Gasteiger partial charge is 0.354 e. The topological polar surface area (TPSA) is 55.1 Å². The molecule has 0 unspecified atom stereocenters. The highest BCUT2D eigenvalue weighted by Crippen LogP contribution is 2.38. The second-order valence-corrected chi connectivity index (χ2v) is 4.11. The Morgan fingerprint density at radius 3 is 2.86 bits per heavy atom. The second-order valence-electron chi connectivity index (χ2n) is 4.11. The molecule has 3 rings (SSSR count). The molecule has 1 heterocycles. The zero-order chi connectivity index (χ0) is 9.71. The molecule has 74 valence electrons. The SMILES string of the molecule is O=C(O)c1c2c(nn1C1CC1)CCC2. The minimum atomic E-state index is -0.812. The van der Waals surface area contributed by atoms with Crippen molar-refractivity contribution in [3.8, 4) is 0 Å². The van der Waals surface area contributed by atoms with E-state index in [2.05, 4.69) is 5.10 Å². The standard InChI is InChI=1S/C10H12N2O2/c13-10(14)9-7-2-1-3-8(7)11-12(9)6-4-5-6/h6H,1-5H2,(H,13,14). The second kappa shape index (κ2) is 2.59. The summed E-state index contributed by atoms with van der Waals surface area (Å²) in [5, 5.41) is 13.5. The number of rotatable bonds is 2. The number of aryl methyl sites for hydroxylation is 1. The van der Waals surface area contributed by atoms with Gasteiger partial charge in [0, 0.05) is 5.56 Å². The maximum atomic E-state index is 11.1. The largest absolute Gasteiger partial charge is 0.477 e. The van der Waals surface area contributed by atoms with Gasteiger partial charge < -0.3 is 5.11 Å². The molecular formula is C10H12N2O2. The molecule has 0 radical (unpaired) electrons. The van der Waals surface area contributed by atoms with Gasteiger partial charge in [0.2, 0.25) is 0 Å². The van der Waals surface area contributed by atoms with E-state index in [-0.39, 0.29) is 0 Å². The predicted molar refractivity (Wildman–Crippen MR) is 49.5 cm³/mol. The zero-order valence-electron chi connectivity index (χ0n) is 7.86. The van der Waals surface area contributed by atoms with E-state index in [0.29, 0.717) is 11.7 Å². The first kappa shape index (κ1) is 8.03. The summed E-state index contributed by atoms with van der Waals surface area (Å²) in [4.78, 5) is 11.1. The number of fused-ring (bicyclic) bond motifs is 1. The van der Waals surface area contributed by atoms with Crippen molar-refractivity contribution in [2.45, 2.75) is 38.1 Å². The Balaban J connectivity index is 2.15. The van der Waals surface area contributed by atoms with Gasteiger partial charge >= 0.3 is 5.97 Å². The van der Waals surface area contributed by atoms with Gasteiger partial charge in [-0.05, 0) is 32.1 Å². The molecule has 4 heteroatoms. The minimum Gasteiger partial charge on any atom is -0.477 e. The molecule has 0 atom stereocenters. The number of hydrogen-bond donors (Lipinski definition) is 1. The molecule has 0 aliphatic heterocycles. The first-order valence-electron chi connectivity index (χ1n) is 5.11. The van der Waals surface area contributed by atoms with Gasteiger partial charge in [0.15, 0.2) is 0 Å². The molecule has 2 aliphatic carbocycles. The van der Waals surface area contributed by atoms with Crippen LogP contribution < -0.4 is 0 Å². The Morgan fingerprint density at radius 1 is 1.43 bits per heavy atom. The van der Waals surface area contributed by atoms with E-state index >= 15 is 0 Å². The average molecular weight is 192 g/mol. The molecule has 0 amide bonds. The molecule has 1 aromatic heterocycles. The third-order valence-electron chi connectivity index (χ3n) is 3.03. The first-order valence-corrected chi connectivity index (χ1v) is 5.11. The van der Waals surface area contributed by atoms with Crippen LogP contribution in [0.2, 0.25) is 0 Å². The molecule has 4 nitrogen and oxygen atoms in total. The average Bonchev–Trinajstić information content (AvgIpc) is 2.75. The van der Waals surface area contributed by atoms with E-state index < -0.39 is 5.97 Å². The fourth-order valence-electron chi connectivity index (χ4n) is 2.22. The maximum Gasteiger partial charge on any atom is 0.354 e. The molecule has 2 aliphatic rings. The van der Waals surface area contributed by atoms with Crippen molar-refractivity contribution >= 4 is 5.97 Å². The molecule has 0 aromatic carbocycles. The molecule has 1 N–H and O–H groups in total. The third-order valence-corrected chi connectivity index (χ3v) is 3.03. The number of carbonyl (C=O) groups is 1. The normalized spacial score (nSPS) is 19.7. The lowest BCUT2D eigenvalue weighted by atomic mass is 10.2. The van der Waals surface area contributed by atoms with Crippen molar-refractivity contribution < 1.29 is 9.90 Å². The summed E-state index contributed by atoms with van der Waals surface area (Å²) in [6.07, 6.45) is 5.07. The summed E-state index contributed by atoms with van der Waals surface area (Å²) in [6.45, 7) is 0. The van der Waals surface area contributed by atoms with Gasteiger partial charge in [0.05, 0.1) is 11.7 Å². The molecule has 1 fully saturated rings. The van der Waals surface area contributed by atoms with Crippen LogP contribution in [-0.4, -0.2) is 20.9 Å². The van der Waals surface area contributed by atoms with E-state index in [0.717, 1.165) is 43.4 Å². The van der Waals surface area contributed by atoms with Gasteiger partial charge in [-0.3, -0.25) is 4.68 Å². The highest BCUT2D eigenvalue weighted by molar-refractivity contribution is 5.88. The summed E-state index contributed by atoms with van der Waals surface area (Å²) in [7, 11) is 0. The van der Waals surface area contributed by atoms with Crippen LogP contribution in [0.25, 0.3) is 0 Å². The highest BCUT2D eigenvalue weighted by atomic mass is 16.4. The molecule has 0 bridgehead atoms. The fourth-order valence-corrected chi connectivity index (χ4v) is 2.22. The van der Waals surface area contributed by atoms with Crippen LogP contribution >= 0.6 is 0 Å². The first-order chi connectivity index (χ1) is 6.77. The van der Waals surface area contributed by atoms with Crippen LogP contribution in [0.3, 0.4) is 0 Å². The van der Waals surface area contributed by atoms with Crippen LogP contribution in [-0.2, 0) is 12.8 Å².